The van der Waals surface area contributed by atoms with Crippen molar-refractivity contribution in [3.05, 3.63) is 46.4 Å². The van der Waals surface area contributed by atoms with Crippen LogP contribution in [-0.2, 0) is 0 Å². The minimum absolute atomic E-state index is 0.0337. The van der Waals surface area contributed by atoms with Crippen molar-refractivity contribution in [2.24, 2.45) is 5.73 Å². The van der Waals surface area contributed by atoms with Crippen LogP contribution >= 0.6 is 0 Å². The van der Waals surface area contributed by atoms with E-state index in [1.807, 2.05) is 0 Å². The van der Waals surface area contributed by atoms with E-state index in [0.29, 0.717) is 11.3 Å². The highest BCUT2D eigenvalue weighted by molar-refractivity contribution is 6.31. The van der Waals surface area contributed by atoms with Crippen molar-refractivity contribution in [2.45, 2.75) is 0 Å². The van der Waals surface area contributed by atoms with Crippen LogP contribution in [0.3, 0.4) is 0 Å². The van der Waals surface area contributed by atoms with Crippen molar-refractivity contribution in [3.63, 3.8) is 0 Å². The van der Waals surface area contributed by atoms with Crippen molar-refractivity contribution >= 4 is 30.9 Å². The van der Waals surface area contributed by atoms with E-state index in [-0.39, 0.29) is 11.4 Å². The van der Waals surface area contributed by atoms with Crippen molar-refractivity contribution in [2.75, 3.05) is 5.32 Å². The van der Waals surface area contributed by atoms with Gasteiger partial charge in [-0.3, -0.25) is 14.6 Å². The molecule has 88 valence electrons. The van der Waals surface area contributed by atoms with Crippen LogP contribution in [0.25, 0.3) is 0 Å². The fourth-order valence-electron chi connectivity index (χ4n) is 1.36. The molecule has 0 aliphatic carbocycles. The van der Waals surface area contributed by atoms with Gasteiger partial charge in [-0.1, -0.05) is 6.07 Å². The number of anilines is 2. The number of nitrogens with one attached hydrogen (secondary N) is 2. The summed E-state index contributed by atoms with van der Waals surface area (Å²) in [5.74, 6) is -0.298. The lowest BCUT2D eigenvalue weighted by atomic mass is 10.0. The lowest BCUT2D eigenvalue weighted by molar-refractivity contribution is 0.100. The van der Waals surface area contributed by atoms with Crippen LogP contribution in [0.1, 0.15) is 10.4 Å². The Balaban J connectivity index is 2.28. The number of carbonyl (C=O) groups excluding carboxylic acids is 1. The molecule has 0 bridgehead atoms. The molecule has 0 aliphatic rings. The zero-order valence-corrected chi connectivity index (χ0v) is 9.31. The second-order valence-electron chi connectivity index (χ2n) is 3.59. The van der Waals surface area contributed by atoms with Crippen LogP contribution in [0.5, 0.6) is 0 Å². The summed E-state index contributed by atoms with van der Waals surface area (Å²) in [5.41, 5.74) is 5.71. The molecule has 4 N–H and O–H groups in total. The molecular weight excluding hydrogens is 231 g/mol. The van der Waals surface area contributed by atoms with Crippen molar-refractivity contribution in [1.82, 2.24) is 9.97 Å². The first-order chi connectivity index (χ1) is 8.56. The van der Waals surface area contributed by atoms with Gasteiger partial charge in [0.1, 0.15) is 7.85 Å². The summed E-state index contributed by atoms with van der Waals surface area (Å²) in [6, 6.07) is 6.52. The van der Waals surface area contributed by atoms with E-state index in [1.165, 1.54) is 6.20 Å². The quantitative estimate of drug-likeness (QED) is 0.624. The Kier molecular flexibility index (Phi) is 3.14. The standard InChI is InChI=1S/C11H9BN4O2/c12-8-5-14-11(16-10(8)18)15-7-3-1-2-6(4-7)9(13)17/h1-5H,(H2,13,17)(H2,14,15,16,18). The molecule has 6 nitrogen and oxygen atoms in total. The molecule has 0 atom stereocenters. The van der Waals surface area contributed by atoms with Crippen LogP contribution in [-0.4, -0.2) is 23.7 Å². The number of aromatic nitrogens is 2. The molecule has 1 heterocycles. The Morgan fingerprint density at radius 3 is 2.89 bits per heavy atom. The summed E-state index contributed by atoms with van der Waals surface area (Å²) in [6.45, 7) is 0. The van der Waals surface area contributed by atoms with E-state index in [4.69, 9.17) is 13.6 Å². The fourth-order valence-corrected chi connectivity index (χ4v) is 1.36. The molecule has 2 radical (unpaired) electrons. The topological polar surface area (TPSA) is 101 Å². The number of rotatable bonds is 3. The smallest absolute Gasteiger partial charge is 0.248 e. The summed E-state index contributed by atoms with van der Waals surface area (Å²) < 4.78 is 0. The zero-order chi connectivity index (χ0) is 13.1. The van der Waals surface area contributed by atoms with Crippen molar-refractivity contribution < 1.29 is 4.79 Å². The van der Waals surface area contributed by atoms with E-state index in [1.54, 1.807) is 24.3 Å². The van der Waals surface area contributed by atoms with Gasteiger partial charge in [0.05, 0.1) is 0 Å². The van der Waals surface area contributed by atoms with Crippen LogP contribution in [0, 0.1) is 0 Å². The number of hydrogen-bond acceptors (Lipinski definition) is 4. The van der Waals surface area contributed by atoms with Gasteiger partial charge in [-0.15, -0.1) is 0 Å². The predicted octanol–water partition coefficient (Wildman–Crippen LogP) is -0.594. The summed E-state index contributed by atoms with van der Waals surface area (Å²) in [6.07, 6.45) is 1.25. The van der Waals surface area contributed by atoms with Gasteiger partial charge in [0, 0.05) is 17.4 Å². The lowest BCUT2D eigenvalue weighted by Gasteiger charge is -2.06. The van der Waals surface area contributed by atoms with Gasteiger partial charge in [-0.25, -0.2) is 4.98 Å². The van der Waals surface area contributed by atoms with Gasteiger partial charge in [0.15, 0.2) is 0 Å². The third-order valence-electron chi connectivity index (χ3n) is 2.24. The van der Waals surface area contributed by atoms with E-state index in [2.05, 4.69) is 15.3 Å². The predicted molar refractivity (Wildman–Crippen MR) is 68.5 cm³/mol. The molecule has 2 rings (SSSR count). The van der Waals surface area contributed by atoms with Gasteiger partial charge in [-0.05, 0) is 23.7 Å². The zero-order valence-electron chi connectivity index (χ0n) is 9.31. The SMILES string of the molecule is [B]c1cnc(Nc2cccc(C(N)=O)c2)[nH]c1=O. The lowest BCUT2D eigenvalue weighted by Crippen LogP contribution is -2.28. The molecule has 1 aromatic heterocycles. The number of nitrogens with zero attached hydrogens (tertiary/aromatic N) is 1. The first-order valence-corrected chi connectivity index (χ1v) is 5.08. The third kappa shape index (κ3) is 2.57. The number of amides is 1. The minimum atomic E-state index is -0.530. The van der Waals surface area contributed by atoms with E-state index in [9.17, 15) is 9.59 Å². The number of hydrogen-bond donors (Lipinski definition) is 3. The molecular formula is C11H9BN4O2. The van der Waals surface area contributed by atoms with Gasteiger partial charge in [0.25, 0.3) is 0 Å². The Labute approximate surface area is 104 Å². The molecule has 0 saturated heterocycles. The molecule has 7 heteroatoms. The Morgan fingerprint density at radius 1 is 1.44 bits per heavy atom. The number of primary amides is 1. The van der Waals surface area contributed by atoms with Gasteiger partial charge in [-0.2, -0.15) is 0 Å². The maximum atomic E-state index is 11.3. The first-order valence-electron chi connectivity index (χ1n) is 5.08. The highest BCUT2D eigenvalue weighted by atomic mass is 16.1. The van der Waals surface area contributed by atoms with Crippen LogP contribution < -0.4 is 22.1 Å². The number of aromatic amines is 1. The highest BCUT2D eigenvalue weighted by Gasteiger charge is 2.03. The summed E-state index contributed by atoms with van der Waals surface area (Å²) >= 11 is 0. The maximum absolute atomic E-state index is 11.3. The second-order valence-corrected chi connectivity index (χ2v) is 3.59. The van der Waals surface area contributed by atoms with Crippen molar-refractivity contribution in [1.29, 1.82) is 0 Å². The summed E-state index contributed by atoms with van der Waals surface area (Å²) in [4.78, 5) is 28.6. The monoisotopic (exact) mass is 240 g/mol. The van der Waals surface area contributed by atoms with Gasteiger partial charge >= 0.3 is 0 Å². The molecule has 0 saturated carbocycles. The fraction of sp³-hybridized carbons (Fsp3) is 0. The van der Waals surface area contributed by atoms with Crippen LogP contribution in [0.4, 0.5) is 11.6 Å². The molecule has 0 aliphatic heterocycles. The largest absolute Gasteiger partial charge is 0.366 e. The molecule has 0 fully saturated rings. The third-order valence-corrected chi connectivity index (χ3v) is 2.24. The second kappa shape index (κ2) is 4.74. The number of carbonyl (C=O) groups is 1. The molecule has 1 amide bonds. The molecule has 1 aromatic carbocycles. The highest BCUT2D eigenvalue weighted by Crippen LogP contribution is 2.13. The average molecular weight is 240 g/mol. The maximum Gasteiger partial charge on any atom is 0.248 e. The average Bonchev–Trinajstić information content (AvgIpc) is 2.34. The first kappa shape index (κ1) is 11.9. The van der Waals surface area contributed by atoms with Gasteiger partial charge < -0.3 is 11.1 Å². The molecule has 2 aromatic rings. The van der Waals surface area contributed by atoms with Gasteiger partial charge in [0.2, 0.25) is 17.4 Å². The number of nitrogens with two attached hydrogens (primary N) is 1. The van der Waals surface area contributed by atoms with E-state index >= 15 is 0 Å². The minimum Gasteiger partial charge on any atom is -0.366 e. The molecule has 0 unspecified atom stereocenters. The van der Waals surface area contributed by atoms with Crippen LogP contribution in [0.2, 0.25) is 0 Å². The Hall–Kier alpha value is -2.57. The molecule has 18 heavy (non-hydrogen) atoms. The number of H-pyrrole nitrogens is 1. The van der Waals surface area contributed by atoms with Crippen LogP contribution in [0.15, 0.2) is 35.3 Å². The molecule has 0 spiro atoms. The summed E-state index contributed by atoms with van der Waals surface area (Å²) in [7, 11) is 5.35. The Morgan fingerprint density at radius 2 is 2.22 bits per heavy atom. The van der Waals surface area contributed by atoms with E-state index in [0.717, 1.165) is 0 Å². The number of benzene rings is 1. The van der Waals surface area contributed by atoms with Crippen molar-refractivity contribution in [3.8, 4) is 0 Å². The van der Waals surface area contributed by atoms with E-state index < -0.39 is 11.5 Å². The normalized spacial score (nSPS) is 10.0. The summed E-state index contributed by atoms with van der Waals surface area (Å²) in [5, 5.41) is 2.84. The Bertz CT molecular complexity index is 653.